The average Bonchev–Trinajstić information content (AvgIpc) is 2.39. The van der Waals surface area contributed by atoms with Crippen molar-refractivity contribution in [2.24, 2.45) is 5.41 Å². The fraction of sp³-hybridized carbons (Fsp3) is 0.875. The molecule has 0 aromatic heterocycles. The van der Waals surface area contributed by atoms with Gasteiger partial charge in [0.25, 0.3) is 0 Å². The van der Waals surface area contributed by atoms with E-state index in [0.717, 1.165) is 25.9 Å². The Morgan fingerprint density at radius 2 is 1.95 bits per heavy atom. The Balaban J connectivity index is 2.28. The highest BCUT2D eigenvalue weighted by molar-refractivity contribution is 5.97. The van der Waals surface area contributed by atoms with Crippen LogP contribution >= 0.6 is 0 Å². The van der Waals surface area contributed by atoms with Crippen LogP contribution in [-0.4, -0.2) is 59.9 Å². The summed E-state index contributed by atoms with van der Waals surface area (Å²) in [5, 5.41) is 2.94. The van der Waals surface area contributed by atoms with Gasteiger partial charge in [0.05, 0.1) is 0 Å². The maximum Gasteiger partial charge on any atom is 0.246 e. The molecule has 3 unspecified atom stereocenters. The van der Waals surface area contributed by atoms with Gasteiger partial charge in [0.1, 0.15) is 12.1 Å². The number of likely N-dealkylation sites (tertiary alicyclic amines) is 1. The fourth-order valence-electron chi connectivity index (χ4n) is 3.50. The number of rotatable bonds is 2. The molecule has 1 N–H and O–H groups in total. The number of nitrogens with one attached hydrogen (secondary N) is 1. The maximum absolute atomic E-state index is 13.0. The van der Waals surface area contributed by atoms with E-state index >= 15 is 0 Å². The lowest BCUT2D eigenvalue weighted by molar-refractivity contribution is -0.156. The van der Waals surface area contributed by atoms with Gasteiger partial charge in [-0.05, 0) is 38.3 Å². The summed E-state index contributed by atoms with van der Waals surface area (Å²) in [4.78, 5) is 29.6. The van der Waals surface area contributed by atoms with Gasteiger partial charge < -0.3 is 15.1 Å². The van der Waals surface area contributed by atoms with E-state index in [-0.39, 0.29) is 29.3 Å². The third kappa shape index (κ3) is 3.23. The van der Waals surface area contributed by atoms with Crippen LogP contribution in [0.5, 0.6) is 0 Å². The lowest BCUT2D eigenvalue weighted by atomic mass is 9.82. The number of nitrogens with zero attached hydrogens (tertiary/aromatic N) is 2. The predicted molar refractivity (Wildman–Crippen MR) is 82.8 cm³/mol. The zero-order valence-electron chi connectivity index (χ0n) is 14.0. The molecule has 0 aromatic rings. The summed E-state index contributed by atoms with van der Waals surface area (Å²) in [7, 11) is 2.09. The molecule has 0 aliphatic carbocycles. The zero-order valence-corrected chi connectivity index (χ0v) is 14.0. The quantitative estimate of drug-likeness (QED) is 0.834. The van der Waals surface area contributed by atoms with E-state index in [0.29, 0.717) is 6.42 Å². The highest BCUT2D eigenvalue weighted by Crippen LogP contribution is 2.29. The largest absolute Gasteiger partial charge is 0.342 e. The number of piperidine rings is 1. The molecule has 2 rings (SSSR count). The summed E-state index contributed by atoms with van der Waals surface area (Å²) in [6, 6.07) is -0.565. The van der Waals surface area contributed by atoms with Crippen molar-refractivity contribution in [1.82, 2.24) is 15.1 Å². The molecule has 5 nitrogen and oxygen atoms in total. The van der Waals surface area contributed by atoms with Crippen LogP contribution in [0.15, 0.2) is 0 Å². The molecule has 2 heterocycles. The second-order valence-electron chi connectivity index (χ2n) is 7.54. The van der Waals surface area contributed by atoms with Crippen molar-refractivity contribution in [2.75, 3.05) is 20.1 Å². The fourth-order valence-corrected chi connectivity index (χ4v) is 3.50. The summed E-state index contributed by atoms with van der Waals surface area (Å²) in [6.45, 7) is 9.94. The van der Waals surface area contributed by atoms with Gasteiger partial charge in [-0.25, -0.2) is 0 Å². The molecule has 2 fully saturated rings. The lowest BCUT2D eigenvalue weighted by Crippen LogP contribution is -2.69. The number of carbonyl (C=O) groups excluding carboxylic acids is 2. The molecule has 2 aliphatic rings. The minimum Gasteiger partial charge on any atom is -0.342 e. The standard InChI is InChI=1S/C16H29N3O2/c1-6-12-14(20)17-13(16(2,3)4)15(21)19(12)11-8-7-9-18(5)10-11/h11-13H,6-10H2,1-5H3,(H,17,20). The molecule has 0 saturated carbocycles. The molecule has 120 valence electrons. The highest BCUT2D eigenvalue weighted by Gasteiger charge is 2.47. The van der Waals surface area contributed by atoms with Gasteiger partial charge in [0, 0.05) is 12.6 Å². The Morgan fingerprint density at radius 1 is 1.29 bits per heavy atom. The van der Waals surface area contributed by atoms with Gasteiger partial charge in [-0.2, -0.15) is 0 Å². The topological polar surface area (TPSA) is 52.7 Å². The summed E-state index contributed by atoms with van der Waals surface area (Å²) in [6.07, 6.45) is 2.76. The van der Waals surface area contributed by atoms with Crippen LogP contribution < -0.4 is 5.32 Å². The second-order valence-corrected chi connectivity index (χ2v) is 7.54. The van der Waals surface area contributed by atoms with Gasteiger partial charge >= 0.3 is 0 Å². The zero-order chi connectivity index (χ0) is 15.8. The van der Waals surface area contributed by atoms with E-state index in [1.807, 2.05) is 32.6 Å². The van der Waals surface area contributed by atoms with Crippen LogP contribution in [0.4, 0.5) is 0 Å². The van der Waals surface area contributed by atoms with Crippen molar-refractivity contribution >= 4 is 11.8 Å². The van der Waals surface area contributed by atoms with Gasteiger partial charge in [-0.1, -0.05) is 27.7 Å². The van der Waals surface area contributed by atoms with E-state index in [1.165, 1.54) is 0 Å². The Morgan fingerprint density at radius 3 is 2.48 bits per heavy atom. The second kappa shape index (κ2) is 5.95. The van der Waals surface area contributed by atoms with Crippen molar-refractivity contribution < 1.29 is 9.59 Å². The monoisotopic (exact) mass is 295 g/mol. The van der Waals surface area contributed by atoms with Crippen molar-refractivity contribution in [3.63, 3.8) is 0 Å². The molecule has 0 aromatic carbocycles. The van der Waals surface area contributed by atoms with Gasteiger partial charge in [-0.15, -0.1) is 0 Å². The lowest BCUT2D eigenvalue weighted by Gasteiger charge is -2.48. The molecule has 2 saturated heterocycles. The molecule has 21 heavy (non-hydrogen) atoms. The van der Waals surface area contributed by atoms with E-state index in [4.69, 9.17) is 0 Å². The number of likely N-dealkylation sites (N-methyl/N-ethyl adjacent to an activating group) is 1. The minimum absolute atomic E-state index is 0.00486. The number of hydrogen-bond acceptors (Lipinski definition) is 3. The normalized spacial score (nSPS) is 32.2. The first-order chi connectivity index (χ1) is 9.75. The first kappa shape index (κ1) is 16.3. The van der Waals surface area contributed by atoms with Crippen molar-refractivity contribution in [2.45, 2.75) is 65.1 Å². The molecule has 0 spiro atoms. The van der Waals surface area contributed by atoms with Crippen molar-refractivity contribution in [1.29, 1.82) is 0 Å². The third-order valence-electron chi connectivity index (χ3n) is 4.67. The summed E-state index contributed by atoms with van der Waals surface area (Å²) >= 11 is 0. The molecular formula is C16H29N3O2. The molecule has 3 atom stereocenters. The predicted octanol–water partition coefficient (Wildman–Crippen LogP) is 1.23. The molecule has 2 aliphatic heterocycles. The minimum atomic E-state index is -0.417. The number of carbonyl (C=O) groups is 2. The molecule has 0 radical (unpaired) electrons. The summed E-state index contributed by atoms with van der Waals surface area (Å²) < 4.78 is 0. The average molecular weight is 295 g/mol. The van der Waals surface area contributed by atoms with Crippen LogP contribution in [0.25, 0.3) is 0 Å². The van der Waals surface area contributed by atoms with Crippen LogP contribution in [0, 0.1) is 5.41 Å². The Labute approximate surface area is 128 Å². The number of amides is 2. The van der Waals surface area contributed by atoms with Crippen LogP contribution in [0.3, 0.4) is 0 Å². The van der Waals surface area contributed by atoms with E-state index in [2.05, 4.69) is 17.3 Å². The Hall–Kier alpha value is -1.10. The van der Waals surface area contributed by atoms with Crippen molar-refractivity contribution in [3.8, 4) is 0 Å². The number of piperazine rings is 1. The molecule has 2 amide bonds. The van der Waals surface area contributed by atoms with Gasteiger partial charge in [0.15, 0.2) is 0 Å². The van der Waals surface area contributed by atoms with Gasteiger partial charge in [0.2, 0.25) is 11.8 Å². The van der Waals surface area contributed by atoms with Crippen LogP contribution in [0.2, 0.25) is 0 Å². The SMILES string of the molecule is CCC1C(=O)NC(C(C)(C)C)C(=O)N1C1CCCN(C)C1. The molecule has 5 heteroatoms. The van der Waals surface area contributed by atoms with Crippen molar-refractivity contribution in [3.05, 3.63) is 0 Å². The maximum atomic E-state index is 13.0. The first-order valence-corrected chi connectivity index (χ1v) is 8.06. The Bertz CT molecular complexity index is 416. The molecule has 0 bridgehead atoms. The van der Waals surface area contributed by atoms with E-state index < -0.39 is 6.04 Å². The number of hydrogen-bond donors (Lipinski definition) is 1. The summed E-state index contributed by atoms with van der Waals surface area (Å²) in [5.74, 6) is 0.0968. The van der Waals surface area contributed by atoms with Crippen LogP contribution in [-0.2, 0) is 9.59 Å². The Kier molecular flexibility index (Phi) is 4.61. The third-order valence-corrected chi connectivity index (χ3v) is 4.67. The van der Waals surface area contributed by atoms with E-state index in [1.54, 1.807) is 0 Å². The van der Waals surface area contributed by atoms with Crippen LogP contribution in [0.1, 0.15) is 47.0 Å². The molecular weight excluding hydrogens is 266 g/mol. The highest BCUT2D eigenvalue weighted by atomic mass is 16.2. The van der Waals surface area contributed by atoms with Gasteiger partial charge in [-0.3, -0.25) is 9.59 Å². The smallest absolute Gasteiger partial charge is 0.246 e. The van der Waals surface area contributed by atoms with E-state index in [9.17, 15) is 9.59 Å². The summed E-state index contributed by atoms with van der Waals surface area (Å²) in [5.41, 5.74) is -0.260. The first-order valence-electron chi connectivity index (χ1n) is 8.06.